The number of rotatable bonds is 8. The minimum atomic E-state index is -4.81. The molecule has 42 heavy (non-hydrogen) atoms. The van der Waals surface area contributed by atoms with Crippen LogP contribution in [0.25, 0.3) is 10.9 Å². The maximum atomic E-state index is 13.3. The minimum Gasteiger partial charge on any atom is -0.493 e. The molecular weight excluding hydrogens is 568 g/mol. The molecule has 0 aliphatic carbocycles. The van der Waals surface area contributed by atoms with Crippen LogP contribution in [0.15, 0.2) is 42.5 Å². The maximum absolute atomic E-state index is 13.3. The summed E-state index contributed by atoms with van der Waals surface area (Å²) in [6.07, 6.45) is -6.83. The number of pyridine rings is 1. The Balaban J connectivity index is 1.21. The number of ether oxygens (including phenoxy) is 1. The number of hydrogen-bond donors (Lipinski definition) is 1. The second-order valence-corrected chi connectivity index (χ2v) is 10.2. The summed E-state index contributed by atoms with van der Waals surface area (Å²) in [5.74, 6) is -1.46. The van der Waals surface area contributed by atoms with Gasteiger partial charge in [-0.2, -0.15) is 26.3 Å². The predicted molar refractivity (Wildman–Crippen MR) is 137 cm³/mol. The normalized spacial score (nSPS) is 17.5. The van der Waals surface area contributed by atoms with Gasteiger partial charge in [0.1, 0.15) is 17.5 Å². The highest BCUT2D eigenvalue weighted by Crippen LogP contribution is 2.38. The van der Waals surface area contributed by atoms with E-state index in [0.29, 0.717) is 43.4 Å². The molecule has 0 saturated carbocycles. The lowest BCUT2D eigenvalue weighted by atomic mass is 9.98. The third-order valence-corrected chi connectivity index (χ3v) is 7.42. The van der Waals surface area contributed by atoms with E-state index in [2.05, 4.69) is 10.3 Å². The molecule has 0 spiro atoms. The fraction of sp³-hybridized carbons (Fsp3) is 0.379. The lowest BCUT2D eigenvalue weighted by Gasteiger charge is -2.29. The third-order valence-electron chi connectivity index (χ3n) is 7.42. The Labute approximate surface area is 235 Å². The molecule has 222 valence electrons. The summed E-state index contributed by atoms with van der Waals surface area (Å²) >= 11 is 0. The van der Waals surface area contributed by atoms with Crippen molar-refractivity contribution in [2.45, 2.75) is 63.5 Å². The van der Waals surface area contributed by atoms with Gasteiger partial charge in [0.25, 0.3) is 5.91 Å². The molecule has 1 N–H and O–H groups in total. The van der Waals surface area contributed by atoms with Crippen LogP contribution in [0.4, 0.5) is 26.3 Å². The largest absolute Gasteiger partial charge is 0.493 e. The second kappa shape index (κ2) is 11.3. The van der Waals surface area contributed by atoms with Crippen molar-refractivity contribution in [2.75, 3.05) is 6.61 Å². The lowest BCUT2D eigenvalue weighted by Crippen LogP contribution is -2.52. The van der Waals surface area contributed by atoms with Crippen molar-refractivity contribution in [1.82, 2.24) is 15.2 Å². The Bertz CT molecular complexity index is 1550. The standard InChI is InChI=1S/C29H25F6N3O4/c30-28(31,32)17-8-9-21-19(13-17)23(14-24(36-21)29(33,34)35)42-12-3-1-2-5-16-6-4-7-18-20(16)15-38(27(18)41)22-10-11-25(39)37-26(22)40/h4,6-9,13-14,22H,1-3,5,10-12,15H2,(H,37,39,40). The smallest absolute Gasteiger partial charge is 0.433 e. The van der Waals surface area contributed by atoms with Gasteiger partial charge in [-0.05, 0) is 67.5 Å². The topological polar surface area (TPSA) is 88.6 Å². The number of piperidine rings is 1. The number of hydrogen-bond acceptors (Lipinski definition) is 5. The summed E-state index contributed by atoms with van der Waals surface area (Å²) in [6, 6.07) is 7.53. The van der Waals surface area contributed by atoms with Gasteiger partial charge < -0.3 is 9.64 Å². The zero-order valence-electron chi connectivity index (χ0n) is 22.1. The van der Waals surface area contributed by atoms with Gasteiger partial charge in [-0.15, -0.1) is 0 Å². The number of aryl methyl sites for hydroxylation is 1. The molecule has 13 heteroatoms. The number of nitrogens with zero attached hydrogens (tertiary/aromatic N) is 2. The third kappa shape index (κ3) is 6.04. The Kier molecular flexibility index (Phi) is 7.86. The van der Waals surface area contributed by atoms with Crippen LogP contribution in [0.5, 0.6) is 5.75 Å². The van der Waals surface area contributed by atoms with Crippen LogP contribution in [0.1, 0.15) is 64.8 Å². The first kappa shape index (κ1) is 29.3. The molecule has 7 nitrogen and oxygen atoms in total. The average molecular weight is 594 g/mol. The van der Waals surface area contributed by atoms with Gasteiger partial charge in [0.05, 0.1) is 17.7 Å². The zero-order valence-corrected chi connectivity index (χ0v) is 22.1. The van der Waals surface area contributed by atoms with E-state index in [1.54, 1.807) is 12.1 Å². The van der Waals surface area contributed by atoms with E-state index in [4.69, 9.17) is 4.74 Å². The van der Waals surface area contributed by atoms with Crippen molar-refractivity contribution in [3.05, 3.63) is 70.4 Å². The molecule has 2 aliphatic heterocycles. The van der Waals surface area contributed by atoms with E-state index in [-0.39, 0.29) is 54.5 Å². The highest BCUT2D eigenvalue weighted by molar-refractivity contribution is 6.05. The number of halogens is 6. The predicted octanol–water partition coefficient (Wildman–Crippen LogP) is 5.83. The van der Waals surface area contributed by atoms with Crippen LogP contribution in [0, 0.1) is 0 Å². The maximum Gasteiger partial charge on any atom is 0.433 e. The number of imide groups is 1. The Morgan fingerprint density at radius 2 is 1.74 bits per heavy atom. The van der Waals surface area contributed by atoms with Crippen molar-refractivity contribution in [1.29, 1.82) is 0 Å². The van der Waals surface area contributed by atoms with Gasteiger partial charge in [-0.1, -0.05) is 12.1 Å². The molecule has 1 aromatic heterocycles. The van der Waals surface area contributed by atoms with Crippen LogP contribution < -0.4 is 10.1 Å². The van der Waals surface area contributed by atoms with E-state index in [0.717, 1.165) is 23.3 Å². The monoisotopic (exact) mass is 593 g/mol. The molecule has 3 amide bonds. The number of carbonyl (C=O) groups is 3. The summed E-state index contributed by atoms with van der Waals surface area (Å²) in [5, 5.41) is 2.11. The minimum absolute atomic E-state index is 0.0265. The molecule has 1 saturated heterocycles. The van der Waals surface area contributed by atoms with Crippen molar-refractivity contribution >= 4 is 28.6 Å². The number of unbranched alkanes of at least 4 members (excludes halogenated alkanes) is 2. The number of aromatic nitrogens is 1. The van der Waals surface area contributed by atoms with E-state index < -0.39 is 35.6 Å². The Hall–Kier alpha value is -4.16. The summed E-state index contributed by atoms with van der Waals surface area (Å²) in [7, 11) is 0. The van der Waals surface area contributed by atoms with Crippen LogP contribution >= 0.6 is 0 Å². The number of nitrogens with one attached hydrogen (secondary N) is 1. The van der Waals surface area contributed by atoms with Crippen molar-refractivity contribution in [3.63, 3.8) is 0 Å². The number of alkyl halides is 6. The van der Waals surface area contributed by atoms with E-state index in [9.17, 15) is 40.7 Å². The number of carbonyl (C=O) groups excluding carboxylic acids is 3. The SMILES string of the molecule is O=C1CCC(N2Cc3c(CCCCCOc4cc(C(F)(F)F)nc5ccc(C(F)(F)F)cc45)cccc3C2=O)C(=O)N1. The number of benzene rings is 2. The highest BCUT2D eigenvalue weighted by atomic mass is 19.4. The van der Waals surface area contributed by atoms with Crippen LogP contribution in [-0.2, 0) is 34.9 Å². The van der Waals surface area contributed by atoms with Crippen LogP contribution in [0.3, 0.4) is 0 Å². The molecule has 5 rings (SSSR count). The van der Waals surface area contributed by atoms with Crippen LogP contribution in [-0.4, -0.2) is 40.3 Å². The first-order valence-electron chi connectivity index (χ1n) is 13.3. The molecule has 3 heterocycles. The summed E-state index contributed by atoms with van der Waals surface area (Å²) in [5.41, 5.74) is -0.302. The van der Waals surface area contributed by atoms with Gasteiger partial charge in [0.2, 0.25) is 11.8 Å². The Morgan fingerprint density at radius 3 is 2.45 bits per heavy atom. The number of amides is 3. The molecule has 0 radical (unpaired) electrons. The molecule has 1 atom stereocenters. The molecule has 0 bridgehead atoms. The van der Waals surface area contributed by atoms with Crippen molar-refractivity contribution in [3.8, 4) is 5.75 Å². The van der Waals surface area contributed by atoms with Crippen molar-refractivity contribution < 1.29 is 45.5 Å². The summed E-state index contributed by atoms with van der Waals surface area (Å²) in [4.78, 5) is 41.7. The van der Waals surface area contributed by atoms with E-state index in [1.165, 1.54) is 4.90 Å². The van der Waals surface area contributed by atoms with Crippen LogP contribution in [0.2, 0.25) is 0 Å². The first-order valence-corrected chi connectivity index (χ1v) is 13.3. The molecule has 1 fully saturated rings. The summed E-state index contributed by atoms with van der Waals surface area (Å²) < 4.78 is 85.2. The number of fused-ring (bicyclic) bond motifs is 2. The molecule has 1 unspecified atom stereocenters. The quantitative estimate of drug-likeness (QED) is 0.202. The molecule has 2 aliphatic rings. The first-order chi connectivity index (χ1) is 19.8. The molecule has 2 aromatic carbocycles. The second-order valence-electron chi connectivity index (χ2n) is 10.2. The van der Waals surface area contributed by atoms with E-state index in [1.807, 2.05) is 6.07 Å². The Morgan fingerprint density at radius 1 is 0.952 bits per heavy atom. The fourth-order valence-electron chi connectivity index (χ4n) is 5.30. The van der Waals surface area contributed by atoms with Gasteiger partial charge >= 0.3 is 12.4 Å². The van der Waals surface area contributed by atoms with Gasteiger partial charge in [0, 0.05) is 30.0 Å². The van der Waals surface area contributed by atoms with Crippen molar-refractivity contribution in [2.24, 2.45) is 0 Å². The lowest BCUT2D eigenvalue weighted by molar-refractivity contribution is -0.141. The van der Waals surface area contributed by atoms with Gasteiger partial charge in [-0.25, -0.2) is 4.98 Å². The van der Waals surface area contributed by atoms with Gasteiger partial charge in [0.15, 0.2) is 0 Å². The fourth-order valence-corrected chi connectivity index (χ4v) is 5.30. The molecular formula is C29H25F6N3O4. The van der Waals surface area contributed by atoms with E-state index >= 15 is 0 Å². The summed E-state index contributed by atoms with van der Waals surface area (Å²) in [6.45, 7) is 0.220. The zero-order chi connectivity index (χ0) is 30.2. The average Bonchev–Trinajstić information content (AvgIpc) is 3.25. The van der Waals surface area contributed by atoms with Gasteiger partial charge in [-0.3, -0.25) is 19.7 Å². The highest BCUT2D eigenvalue weighted by Gasteiger charge is 2.40. The molecule has 3 aromatic rings.